The maximum Gasteiger partial charge on any atom is 0.187 e. The Balaban J connectivity index is 3.11. The van der Waals surface area contributed by atoms with Crippen molar-refractivity contribution in [3.63, 3.8) is 0 Å². The summed E-state index contributed by atoms with van der Waals surface area (Å²) in [5, 5.41) is 40.3. The van der Waals surface area contributed by atoms with Crippen LogP contribution in [0.4, 0.5) is 0 Å². The van der Waals surface area contributed by atoms with E-state index < -0.39 is 68.3 Å². The van der Waals surface area contributed by atoms with Crippen LogP contribution in [0.15, 0.2) is 0 Å². The van der Waals surface area contributed by atoms with Gasteiger partial charge in [-0.2, -0.15) is 0 Å². The second-order valence-electron chi connectivity index (χ2n) is 6.32. The number of aliphatic hydroxyl groups excluding tert-OH is 4. The van der Waals surface area contributed by atoms with Crippen molar-refractivity contribution in [2.75, 3.05) is 48.3 Å². The average molecular weight is 558 g/mol. The van der Waals surface area contributed by atoms with Crippen LogP contribution in [0.25, 0.3) is 0 Å². The van der Waals surface area contributed by atoms with Gasteiger partial charge in [-0.25, -0.2) is 0 Å². The topological polar surface area (TPSA) is 146 Å². The number of halogens is 1. The summed E-state index contributed by atoms with van der Waals surface area (Å²) in [7, 11) is 6.72. The molecule has 9 unspecified atom stereocenters. The van der Waals surface area contributed by atoms with Crippen LogP contribution in [0.5, 0.6) is 0 Å². The third-order valence-electron chi connectivity index (χ3n) is 4.70. The van der Waals surface area contributed by atoms with Gasteiger partial charge in [-0.1, -0.05) is 0 Å². The molecule has 0 bridgehead atoms. The lowest BCUT2D eigenvalue weighted by molar-refractivity contribution is -0.326. The molecule has 1 aliphatic rings. The van der Waals surface area contributed by atoms with Crippen molar-refractivity contribution in [1.82, 2.24) is 0 Å². The minimum absolute atomic E-state index is 0.162. The van der Waals surface area contributed by atoms with Crippen molar-refractivity contribution in [3.05, 3.63) is 0 Å². The number of ether oxygens (including phenoxy) is 6. The summed E-state index contributed by atoms with van der Waals surface area (Å²) >= 11 is 1.86. The first kappa shape index (κ1) is 27.7. The molecule has 13 heteroatoms. The average Bonchev–Trinajstić information content (AvgIpc) is 2.73. The lowest BCUT2D eigenvalue weighted by Crippen LogP contribution is -2.62. The molecule has 0 aromatic rings. The van der Waals surface area contributed by atoms with E-state index in [9.17, 15) is 20.4 Å². The molecule has 4 N–H and O–H groups in total. The van der Waals surface area contributed by atoms with Gasteiger partial charge in [0, 0.05) is 49.6 Å². The van der Waals surface area contributed by atoms with Gasteiger partial charge >= 0.3 is 0 Å². The molecule has 0 spiro atoms. The summed E-state index contributed by atoms with van der Waals surface area (Å²) in [6, 6.07) is 0. The highest BCUT2D eigenvalue weighted by Gasteiger charge is 2.48. The van der Waals surface area contributed by atoms with E-state index in [1.807, 2.05) is 21.2 Å². The molecule has 174 valence electrons. The van der Waals surface area contributed by atoms with Crippen LogP contribution in [-0.2, 0) is 32.6 Å². The molecular formula is C16H31IO11S. The quantitative estimate of drug-likeness (QED) is 0.151. The molecule has 0 amide bonds. The highest BCUT2D eigenvalue weighted by atomic mass is 127. The Bertz CT molecular complexity index is 432. The second kappa shape index (κ2) is 14.7. The van der Waals surface area contributed by atoms with Gasteiger partial charge in [0.1, 0.15) is 48.8 Å². The van der Waals surface area contributed by atoms with E-state index in [1.54, 1.807) is 0 Å². The Morgan fingerprint density at radius 2 is 1.62 bits per heavy atom. The van der Waals surface area contributed by atoms with Crippen LogP contribution in [0.3, 0.4) is 0 Å². The number of rotatable bonds is 14. The van der Waals surface area contributed by atoms with Crippen molar-refractivity contribution in [2.45, 2.75) is 55.1 Å². The Hall–Kier alpha value is 0.640. The van der Waals surface area contributed by atoms with Crippen molar-refractivity contribution >= 4 is 30.4 Å². The van der Waals surface area contributed by atoms with E-state index in [0.717, 1.165) is 9.21 Å². The summed E-state index contributed by atoms with van der Waals surface area (Å²) in [5.74, 6) is 0. The Kier molecular flexibility index (Phi) is 14.0. The van der Waals surface area contributed by atoms with E-state index in [1.165, 1.54) is 28.4 Å². The van der Waals surface area contributed by atoms with Crippen LogP contribution in [0.2, 0.25) is 0 Å². The number of hydrogen-bond donors (Lipinski definition) is 4. The van der Waals surface area contributed by atoms with Gasteiger partial charge in [0.15, 0.2) is 6.29 Å². The van der Waals surface area contributed by atoms with E-state index in [0.29, 0.717) is 0 Å². The predicted octanol–water partition coefficient (Wildman–Crippen LogP) is -1.12. The minimum Gasteiger partial charge on any atom is -0.394 e. The highest BCUT2D eigenvalue weighted by Crippen LogP contribution is 2.31. The standard InChI is InChI=1S/C16H31IO11S/c1-22-7-10(24-3)14(25-4)15(8(5-18)23-2)27-16-12(21)11(20)13(28-29-17)9(6-19)26-16/h8-16,18-21H,5-7H2,1-4H3. The van der Waals surface area contributed by atoms with E-state index >= 15 is 0 Å². The van der Waals surface area contributed by atoms with Gasteiger partial charge in [0.25, 0.3) is 0 Å². The molecule has 0 aromatic heterocycles. The largest absolute Gasteiger partial charge is 0.394 e. The van der Waals surface area contributed by atoms with Crippen molar-refractivity contribution in [2.24, 2.45) is 0 Å². The fourth-order valence-corrected chi connectivity index (χ4v) is 4.17. The molecule has 0 radical (unpaired) electrons. The predicted molar refractivity (Wildman–Crippen MR) is 110 cm³/mol. The van der Waals surface area contributed by atoms with Crippen LogP contribution in [0.1, 0.15) is 0 Å². The number of aliphatic hydroxyl groups is 4. The zero-order valence-corrected chi connectivity index (χ0v) is 19.7. The normalized spacial score (nSPS) is 32.0. The fourth-order valence-electron chi connectivity index (χ4n) is 3.13. The first-order valence-electron chi connectivity index (χ1n) is 8.84. The molecule has 0 aromatic carbocycles. The number of hydrogen-bond acceptors (Lipinski definition) is 12. The lowest BCUT2D eigenvalue weighted by atomic mass is 9.98. The van der Waals surface area contributed by atoms with Gasteiger partial charge in [0.05, 0.1) is 29.0 Å². The van der Waals surface area contributed by atoms with Gasteiger partial charge < -0.3 is 48.8 Å². The third kappa shape index (κ3) is 7.34. The molecule has 1 saturated heterocycles. The molecule has 1 rings (SSSR count). The molecule has 11 nitrogen and oxygen atoms in total. The smallest absolute Gasteiger partial charge is 0.187 e. The monoisotopic (exact) mass is 558 g/mol. The summed E-state index contributed by atoms with van der Waals surface area (Å²) in [6.07, 6.45) is -9.37. The zero-order valence-electron chi connectivity index (χ0n) is 16.8. The van der Waals surface area contributed by atoms with Crippen molar-refractivity contribution in [3.8, 4) is 0 Å². The maximum absolute atomic E-state index is 10.5. The maximum atomic E-state index is 10.5. The first-order valence-corrected chi connectivity index (χ1v) is 12.1. The van der Waals surface area contributed by atoms with Gasteiger partial charge in [0.2, 0.25) is 0 Å². The fraction of sp³-hybridized carbons (Fsp3) is 1.00. The summed E-state index contributed by atoms with van der Waals surface area (Å²) in [5.41, 5.74) is 0. The lowest BCUT2D eigenvalue weighted by Gasteiger charge is -2.44. The summed E-state index contributed by atoms with van der Waals surface area (Å²) < 4.78 is 38.2. The summed E-state index contributed by atoms with van der Waals surface area (Å²) in [4.78, 5) is 0. The Labute approximate surface area is 186 Å². The molecular weight excluding hydrogens is 527 g/mol. The van der Waals surface area contributed by atoms with Crippen LogP contribution < -0.4 is 0 Å². The van der Waals surface area contributed by atoms with Crippen molar-refractivity contribution in [1.29, 1.82) is 0 Å². The molecule has 9 atom stereocenters. The van der Waals surface area contributed by atoms with Crippen molar-refractivity contribution < 1.29 is 53.0 Å². The Morgan fingerprint density at radius 1 is 0.966 bits per heavy atom. The van der Waals surface area contributed by atoms with Gasteiger partial charge in [-0.15, -0.1) is 0 Å². The third-order valence-corrected chi connectivity index (χ3v) is 5.62. The number of methoxy groups -OCH3 is 4. The van der Waals surface area contributed by atoms with E-state index in [4.69, 9.17) is 32.6 Å². The SMILES string of the molecule is COCC(OC)C(OC)C(OC1OC(CO)C(OSI)C(O)C1O)C(CO)OC. The minimum atomic E-state index is -1.49. The molecule has 1 heterocycles. The molecule has 0 aliphatic carbocycles. The van der Waals surface area contributed by atoms with Crippen LogP contribution in [-0.4, -0.2) is 124 Å². The van der Waals surface area contributed by atoms with Crippen LogP contribution in [0, 0.1) is 0 Å². The van der Waals surface area contributed by atoms with Gasteiger partial charge in [-0.3, -0.25) is 4.18 Å². The molecule has 1 fully saturated rings. The van der Waals surface area contributed by atoms with Gasteiger partial charge in [-0.05, 0) is 0 Å². The van der Waals surface area contributed by atoms with E-state index in [2.05, 4.69) is 0 Å². The molecule has 0 saturated carbocycles. The molecule has 29 heavy (non-hydrogen) atoms. The zero-order chi connectivity index (χ0) is 22.0. The first-order chi connectivity index (χ1) is 13.9. The van der Waals surface area contributed by atoms with Crippen LogP contribution >= 0.6 is 30.4 Å². The van der Waals surface area contributed by atoms with E-state index in [-0.39, 0.29) is 6.61 Å². The summed E-state index contributed by atoms with van der Waals surface area (Å²) in [6.45, 7) is -0.728. The Morgan fingerprint density at radius 3 is 2.07 bits per heavy atom. The second-order valence-corrected chi connectivity index (χ2v) is 7.71. The highest BCUT2D eigenvalue weighted by molar-refractivity contribution is 14.2. The molecule has 1 aliphatic heterocycles.